The predicted molar refractivity (Wildman–Crippen MR) is 80.7 cm³/mol. The fourth-order valence-electron chi connectivity index (χ4n) is 2.42. The van der Waals surface area contributed by atoms with Gasteiger partial charge < -0.3 is 10.6 Å². The minimum absolute atomic E-state index is 0.0418. The lowest BCUT2D eigenvalue weighted by molar-refractivity contribution is -0.131. The molecule has 0 spiro atoms. The monoisotopic (exact) mass is 294 g/mol. The molecule has 1 heterocycles. The van der Waals surface area contributed by atoms with Gasteiger partial charge in [0.15, 0.2) is 0 Å². The molecule has 1 aliphatic heterocycles. The molecule has 1 aromatic carbocycles. The molecule has 2 N–H and O–H groups in total. The summed E-state index contributed by atoms with van der Waals surface area (Å²) in [5, 5.41) is 0. The van der Waals surface area contributed by atoms with Crippen LogP contribution in [0.4, 0.5) is 4.39 Å². The Hall–Kier alpha value is -1.49. The molecular formula is C15H19FN2OS. The number of carbonyl (C=O) groups is 1. The van der Waals surface area contributed by atoms with Gasteiger partial charge in [-0.2, -0.15) is 0 Å². The maximum atomic E-state index is 13.5. The number of hydrogen-bond acceptors (Lipinski definition) is 2. The van der Waals surface area contributed by atoms with E-state index in [0.29, 0.717) is 18.9 Å². The van der Waals surface area contributed by atoms with Crippen LogP contribution in [0.5, 0.6) is 0 Å². The van der Waals surface area contributed by atoms with Crippen LogP contribution >= 0.6 is 12.2 Å². The van der Waals surface area contributed by atoms with Crippen molar-refractivity contribution in [1.82, 2.24) is 4.90 Å². The first kappa shape index (κ1) is 14.9. The first-order valence-corrected chi connectivity index (χ1v) is 7.24. The van der Waals surface area contributed by atoms with Gasteiger partial charge in [-0.3, -0.25) is 4.79 Å². The second-order valence-electron chi connectivity index (χ2n) is 5.43. The minimum atomic E-state index is -0.419. The first-order valence-electron chi connectivity index (χ1n) is 6.83. The van der Waals surface area contributed by atoms with Crippen LogP contribution < -0.4 is 5.73 Å². The van der Waals surface area contributed by atoms with Crippen molar-refractivity contribution in [2.45, 2.75) is 32.7 Å². The van der Waals surface area contributed by atoms with E-state index >= 15 is 0 Å². The van der Waals surface area contributed by atoms with Gasteiger partial charge in [0.1, 0.15) is 10.8 Å². The Morgan fingerprint density at radius 1 is 1.50 bits per heavy atom. The van der Waals surface area contributed by atoms with Crippen molar-refractivity contribution in [1.29, 1.82) is 0 Å². The predicted octanol–water partition coefficient (Wildman–Crippen LogP) is 2.61. The summed E-state index contributed by atoms with van der Waals surface area (Å²) in [4.78, 5) is 13.9. The lowest BCUT2D eigenvalue weighted by atomic mass is 10.0. The van der Waals surface area contributed by atoms with Crippen molar-refractivity contribution in [3.05, 3.63) is 35.1 Å². The summed E-state index contributed by atoms with van der Waals surface area (Å²) in [5.41, 5.74) is 6.60. The van der Waals surface area contributed by atoms with Crippen LogP contribution in [0.2, 0.25) is 0 Å². The van der Waals surface area contributed by atoms with Crippen LogP contribution in [0, 0.1) is 11.7 Å². The van der Waals surface area contributed by atoms with Gasteiger partial charge in [-0.05, 0) is 36.5 Å². The number of halogens is 1. The third-order valence-electron chi connectivity index (χ3n) is 3.77. The molecule has 5 heteroatoms. The molecule has 1 aliphatic rings. The van der Waals surface area contributed by atoms with Crippen molar-refractivity contribution in [2.75, 3.05) is 6.54 Å². The first-order chi connectivity index (χ1) is 9.47. The van der Waals surface area contributed by atoms with Gasteiger partial charge in [0.05, 0.1) is 0 Å². The van der Waals surface area contributed by atoms with E-state index in [9.17, 15) is 9.18 Å². The number of thiocarbonyl (C=S) groups is 1. The maximum absolute atomic E-state index is 13.5. The zero-order chi connectivity index (χ0) is 14.7. The number of hydrogen-bond donors (Lipinski definition) is 1. The van der Waals surface area contributed by atoms with Gasteiger partial charge in [0, 0.05) is 25.1 Å². The van der Waals surface area contributed by atoms with E-state index in [2.05, 4.69) is 6.92 Å². The highest BCUT2D eigenvalue weighted by molar-refractivity contribution is 7.80. The topological polar surface area (TPSA) is 46.3 Å². The molecule has 1 saturated heterocycles. The Kier molecular flexibility index (Phi) is 4.70. The normalized spacial score (nSPS) is 19.8. The molecule has 0 aromatic heterocycles. The standard InChI is InChI=1S/C15H19FN2OS/c1-10-2-5-14(19)18(7-6-10)9-11-3-4-13(16)12(8-11)15(17)20/h3-4,8,10H,2,5-7,9H2,1H3,(H2,17,20). The van der Waals surface area contributed by atoms with E-state index in [-0.39, 0.29) is 16.5 Å². The van der Waals surface area contributed by atoms with Gasteiger partial charge in [-0.15, -0.1) is 0 Å². The molecule has 3 nitrogen and oxygen atoms in total. The third-order valence-corrected chi connectivity index (χ3v) is 3.99. The van der Waals surface area contributed by atoms with Crippen molar-refractivity contribution in [3.8, 4) is 0 Å². The average molecular weight is 294 g/mol. The summed E-state index contributed by atoms with van der Waals surface area (Å²) < 4.78 is 13.5. The van der Waals surface area contributed by atoms with Crippen molar-refractivity contribution in [3.63, 3.8) is 0 Å². The summed E-state index contributed by atoms with van der Waals surface area (Å²) in [6.45, 7) is 3.40. The average Bonchev–Trinajstić information content (AvgIpc) is 2.56. The number of nitrogens with two attached hydrogens (primary N) is 1. The van der Waals surface area contributed by atoms with E-state index < -0.39 is 5.82 Å². The number of nitrogens with zero attached hydrogens (tertiary/aromatic N) is 1. The van der Waals surface area contributed by atoms with Gasteiger partial charge >= 0.3 is 0 Å². The van der Waals surface area contributed by atoms with Crippen molar-refractivity contribution >= 4 is 23.1 Å². The molecular weight excluding hydrogens is 275 g/mol. The second kappa shape index (κ2) is 6.31. The Balaban J connectivity index is 2.14. The second-order valence-corrected chi connectivity index (χ2v) is 5.87. The smallest absolute Gasteiger partial charge is 0.222 e. The summed E-state index contributed by atoms with van der Waals surface area (Å²) in [5.74, 6) is 0.317. The largest absolute Gasteiger partial charge is 0.389 e. The summed E-state index contributed by atoms with van der Waals surface area (Å²) in [7, 11) is 0. The lowest BCUT2D eigenvalue weighted by Gasteiger charge is -2.21. The van der Waals surface area contributed by atoms with Crippen molar-refractivity contribution < 1.29 is 9.18 Å². The Labute approximate surface area is 123 Å². The molecule has 20 heavy (non-hydrogen) atoms. The highest BCUT2D eigenvalue weighted by atomic mass is 32.1. The van der Waals surface area contributed by atoms with E-state index in [1.807, 2.05) is 4.90 Å². The zero-order valence-corrected chi connectivity index (χ0v) is 12.4. The summed E-state index contributed by atoms with van der Waals surface area (Å²) >= 11 is 4.83. The number of amides is 1. The fourth-order valence-corrected chi connectivity index (χ4v) is 2.58. The van der Waals surface area contributed by atoms with Crippen LogP contribution in [-0.4, -0.2) is 22.3 Å². The molecule has 0 radical (unpaired) electrons. The Bertz CT molecular complexity index is 533. The molecule has 1 unspecified atom stereocenters. The van der Waals surface area contributed by atoms with Gasteiger partial charge in [0.2, 0.25) is 5.91 Å². The summed E-state index contributed by atoms with van der Waals surface area (Å²) in [6.07, 6.45) is 2.54. The van der Waals surface area contributed by atoms with Crippen LogP contribution in [0.15, 0.2) is 18.2 Å². The lowest BCUT2D eigenvalue weighted by Crippen LogP contribution is -2.30. The quantitative estimate of drug-likeness (QED) is 0.872. The van der Waals surface area contributed by atoms with Gasteiger partial charge in [-0.25, -0.2) is 4.39 Å². The van der Waals surface area contributed by atoms with Crippen LogP contribution in [0.1, 0.15) is 37.3 Å². The number of rotatable bonds is 3. The maximum Gasteiger partial charge on any atom is 0.222 e. The summed E-state index contributed by atoms with van der Waals surface area (Å²) in [6, 6.07) is 4.67. The molecule has 0 bridgehead atoms. The Morgan fingerprint density at radius 2 is 2.25 bits per heavy atom. The van der Waals surface area contributed by atoms with Gasteiger partial charge in [0.25, 0.3) is 0 Å². The molecule has 0 aliphatic carbocycles. The van der Waals surface area contributed by atoms with Crippen LogP contribution in [-0.2, 0) is 11.3 Å². The zero-order valence-electron chi connectivity index (χ0n) is 11.6. The third kappa shape index (κ3) is 3.54. The van der Waals surface area contributed by atoms with Crippen molar-refractivity contribution in [2.24, 2.45) is 11.7 Å². The van der Waals surface area contributed by atoms with E-state index in [4.69, 9.17) is 18.0 Å². The van der Waals surface area contributed by atoms with Crippen LogP contribution in [0.3, 0.4) is 0 Å². The molecule has 2 rings (SSSR count). The Morgan fingerprint density at radius 3 is 2.95 bits per heavy atom. The number of benzene rings is 1. The highest BCUT2D eigenvalue weighted by Crippen LogP contribution is 2.20. The van der Waals surface area contributed by atoms with Crippen LogP contribution in [0.25, 0.3) is 0 Å². The number of likely N-dealkylation sites (tertiary alicyclic amines) is 1. The van der Waals surface area contributed by atoms with E-state index in [0.717, 1.165) is 24.9 Å². The minimum Gasteiger partial charge on any atom is -0.389 e. The molecule has 0 saturated carbocycles. The van der Waals surface area contributed by atoms with E-state index in [1.54, 1.807) is 12.1 Å². The number of carbonyl (C=O) groups excluding carboxylic acids is 1. The van der Waals surface area contributed by atoms with Gasteiger partial charge in [-0.1, -0.05) is 25.2 Å². The molecule has 108 valence electrons. The highest BCUT2D eigenvalue weighted by Gasteiger charge is 2.20. The SMILES string of the molecule is CC1CCC(=O)N(Cc2ccc(F)c(C(N)=S)c2)CC1. The fraction of sp³-hybridized carbons (Fsp3) is 0.467. The molecule has 1 atom stereocenters. The molecule has 1 amide bonds. The molecule has 1 aromatic rings. The molecule has 1 fully saturated rings. The van der Waals surface area contributed by atoms with E-state index in [1.165, 1.54) is 6.07 Å².